The van der Waals surface area contributed by atoms with Crippen LogP contribution in [-0.2, 0) is 4.74 Å². The first-order chi connectivity index (χ1) is 9.15. The third-order valence-corrected chi connectivity index (χ3v) is 3.38. The molecule has 0 saturated heterocycles. The maximum absolute atomic E-state index is 5.77. The monoisotopic (exact) mass is 282 g/mol. The molecule has 0 aliphatic rings. The zero-order chi connectivity index (χ0) is 14.3. The first-order valence-corrected chi connectivity index (χ1v) is 6.93. The molecule has 0 spiro atoms. The molecule has 0 aliphatic heterocycles. The van der Waals surface area contributed by atoms with Gasteiger partial charge in [0, 0.05) is 19.7 Å². The zero-order valence-electron chi connectivity index (χ0n) is 11.8. The van der Waals surface area contributed by atoms with E-state index in [1.54, 1.807) is 13.3 Å². The molecule has 0 fully saturated rings. The predicted molar refractivity (Wildman–Crippen MR) is 81.5 cm³/mol. The van der Waals surface area contributed by atoms with Crippen LogP contribution >= 0.6 is 12.2 Å². The minimum absolute atomic E-state index is 0.346. The van der Waals surface area contributed by atoms with Gasteiger partial charge in [-0.25, -0.2) is 0 Å². The van der Waals surface area contributed by atoms with Gasteiger partial charge in [-0.1, -0.05) is 26.1 Å². The molecule has 19 heavy (non-hydrogen) atoms. The lowest BCUT2D eigenvalue weighted by Crippen LogP contribution is -2.39. The van der Waals surface area contributed by atoms with Crippen LogP contribution in [0.3, 0.4) is 0 Å². The number of hydrogen-bond donors (Lipinski definition) is 1. The zero-order valence-corrected chi connectivity index (χ0v) is 12.6. The molecule has 0 unspecified atom stereocenters. The second kappa shape index (κ2) is 8.01. The topological polar surface area (TPSA) is 64.3 Å². The highest BCUT2D eigenvalue weighted by Gasteiger charge is 2.21. The summed E-state index contributed by atoms with van der Waals surface area (Å²) in [6.07, 6.45) is 3.65. The van der Waals surface area contributed by atoms with Gasteiger partial charge in [0.2, 0.25) is 0 Å². The fourth-order valence-corrected chi connectivity index (χ4v) is 2.27. The molecule has 1 aromatic heterocycles. The van der Waals surface area contributed by atoms with E-state index in [1.165, 1.54) is 0 Å². The van der Waals surface area contributed by atoms with E-state index in [4.69, 9.17) is 22.7 Å². The summed E-state index contributed by atoms with van der Waals surface area (Å²) < 4.78 is 5.18. The van der Waals surface area contributed by atoms with Crippen LogP contribution in [0.25, 0.3) is 0 Å². The number of anilines is 1. The lowest BCUT2D eigenvalue weighted by Gasteiger charge is -2.32. The number of hydrogen-bond acceptors (Lipinski definition) is 5. The van der Waals surface area contributed by atoms with E-state index in [0.717, 1.165) is 30.8 Å². The summed E-state index contributed by atoms with van der Waals surface area (Å²) >= 11 is 5.09. The lowest BCUT2D eigenvalue weighted by molar-refractivity contribution is 0.202. The van der Waals surface area contributed by atoms with Gasteiger partial charge in [-0.2, -0.15) is 5.10 Å². The summed E-state index contributed by atoms with van der Waals surface area (Å²) in [5.74, 6) is 0.751. The molecular formula is C13H22N4OS. The number of ether oxygens (including phenoxy) is 1. The standard InChI is InChI=1S/C13H22N4OS/c1-4-10(5-2)17(8-9-18-3)13-11(12(14)19)6-7-15-16-13/h6-7,10H,4-5,8-9H2,1-3H3,(H2,14,19). The van der Waals surface area contributed by atoms with E-state index in [0.29, 0.717) is 17.6 Å². The molecule has 0 aliphatic carbocycles. The first kappa shape index (κ1) is 15.8. The van der Waals surface area contributed by atoms with Crippen molar-refractivity contribution in [1.29, 1.82) is 0 Å². The van der Waals surface area contributed by atoms with Gasteiger partial charge in [0.25, 0.3) is 0 Å². The largest absolute Gasteiger partial charge is 0.389 e. The number of nitrogens with two attached hydrogens (primary N) is 1. The van der Waals surface area contributed by atoms with E-state index >= 15 is 0 Å². The molecule has 1 heterocycles. The summed E-state index contributed by atoms with van der Waals surface area (Å²) in [5.41, 5.74) is 6.54. The second-order valence-corrected chi connectivity index (χ2v) is 4.73. The molecule has 106 valence electrons. The summed E-state index contributed by atoms with van der Waals surface area (Å²) in [6, 6.07) is 2.19. The maximum atomic E-state index is 5.77. The number of thiocarbonyl (C=S) groups is 1. The fraction of sp³-hybridized carbons (Fsp3) is 0.615. The van der Waals surface area contributed by atoms with Crippen molar-refractivity contribution in [2.24, 2.45) is 5.73 Å². The van der Waals surface area contributed by atoms with Gasteiger partial charge >= 0.3 is 0 Å². The Morgan fingerprint density at radius 1 is 1.47 bits per heavy atom. The van der Waals surface area contributed by atoms with Crippen molar-refractivity contribution in [1.82, 2.24) is 10.2 Å². The SMILES string of the molecule is CCC(CC)N(CCOC)c1nnccc1C(N)=S. The van der Waals surface area contributed by atoms with Gasteiger partial charge in [0.15, 0.2) is 5.82 Å². The predicted octanol–water partition coefficient (Wildman–Crippen LogP) is 1.75. The van der Waals surface area contributed by atoms with Gasteiger partial charge in [-0.3, -0.25) is 0 Å². The van der Waals surface area contributed by atoms with E-state index in [9.17, 15) is 0 Å². The summed E-state index contributed by atoms with van der Waals surface area (Å²) in [6.45, 7) is 5.69. The van der Waals surface area contributed by atoms with Crippen molar-refractivity contribution in [3.8, 4) is 0 Å². The van der Waals surface area contributed by atoms with E-state index in [2.05, 4.69) is 28.9 Å². The van der Waals surface area contributed by atoms with Crippen molar-refractivity contribution < 1.29 is 4.74 Å². The molecule has 0 atom stereocenters. The minimum atomic E-state index is 0.346. The molecule has 1 aromatic rings. The molecule has 6 heteroatoms. The van der Waals surface area contributed by atoms with Crippen molar-refractivity contribution in [2.75, 3.05) is 25.2 Å². The lowest BCUT2D eigenvalue weighted by atomic mass is 10.1. The van der Waals surface area contributed by atoms with Crippen LogP contribution in [0.5, 0.6) is 0 Å². The summed E-state index contributed by atoms with van der Waals surface area (Å²) in [7, 11) is 1.69. The number of nitrogens with zero attached hydrogens (tertiary/aromatic N) is 3. The van der Waals surface area contributed by atoms with Crippen LogP contribution in [0.15, 0.2) is 12.3 Å². The highest BCUT2D eigenvalue weighted by molar-refractivity contribution is 7.80. The van der Waals surface area contributed by atoms with Crippen LogP contribution in [0, 0.1) is 0 Å². The van der Waals surface area contributed by atoms with Gasteiger partial charge in [0.05, 0.1) is 18.4 Å². The maximum Gasteiger partial charge on any atom is 0.161 e. The third kappa shape index (κ3) is 4.11. The Morgan fingerprint density at radius 3 is 2.68 bits per heavy atom. The molecule has 2 N–H and O–H groups in total. The Hall–Kier alpha value is -1.27. The number of rotatable bonds is 8. The number of aromatic nitrogens is 2. The van der Waals surface area contributed by atoms with Crippen molar-refractivity contribution in [2.45, 2.75) is 32.7 Å². The first-order valence-electron chi connectivity index (χ1n) is 6.52. The normalized spacial score (nSPS) is 10.7. The second-order valence-electron chi connectivity index (χ2n) is 4.29. The average molecular weight is 282 g/mol. The van der Waals surface area contributed by atoms with Crippen LogP contribution < -0.4 is 10.6 Å². The van der Waals surface area contributed by atoms with Gasteiger partial charge < -0.3 is 15.4 Å². The summed E-state index contributed by atoms with van der Waals surface area (Å²) in [5, 5.41) is 8.18. The number of methoxy groups -OCH3 is 1. The smallest absolute Gasteiger partial charge is 0.161 e. The average Bonchev–Trinajstić information content (AvgIpc) is 2.43. The van der Waals surface area contributed by atoms with E-state index in [1.807, 2.05) is 6.07 Å². The van der Waals surface area contributed by atoms with E-state index in [-0.39, 0.29) is 0 Å². The highest BCUT2D eigenvalue weighted by atomic mass is 32.1. The Bertz CT molecular complexity index is 409. The molecule has 0 bridgehead atoms. The Labute approximate surface area is 120 Å². The van der Waals surface area contributed by atoms with Crippen molar-refractivity contribution in [3.63, 3.8) is 0 Å². The van der Waals surface area contributed by atoms with Gasteiger partial charge in [0.1, 0.15) is 4.99 Å². The van der Waals surface area contributed by atoms with Gasteiger partial charge in [-0.15, -0.1) is 5.10 Å². The van der Waals surface area contributed by atoms with E-state index < -0.39 is 0 Å². The molecule has 1 rings (SSSR count). The van der Waals surface area contributed by atoms with Crippen LogP contribution in [0.1, 0.15) is 32.3 Å². The van der Waals surface area contributed by atoms with Crippen molar-refractivity contribution >= 4 is 23.0 Å². The molecular weight excluding hydrogens is 260 g/mol. The van der Waals surface area contributed by atoms with Crippen molar-refractivity contribution in [3.05, 3.63) is 17.8 Å². The molecule has 0 amide bonds. The fourth-order valence-electron chi connectivity index (χ4n) is 2.11. The Morgan fingerprint density at radius 2 is 2.16 bits per heavy atom. The summed E-state index contributed by atoms with van der Waals surface area (Å²) in [4.78, 5) is 2.53. The molecule has 0 saturated carbocycles. The third-order valence-electron chi connectivity index (χ3n) is 3.16. The van der Waals surface area contributed by atoms with Gasteiger partial charge in [-0.05, 0) is 18.9 Å². The Balaban J connectivity index is 3.12. The Kier molecular flexibility index (Phi) is 6.66. The van der Waals surface area contributed by atoms with Crippen LogP contribution in [0.2, 0.25) is 0 Å². The molecule has 5 nitrogen and oxygen atoms in total. The molecule has 0 aromatic carbocycles. The highest BCUT2D eigenvalue weighted by Crippen LogP contribution is 2.21. The molecule has 0 radical (unpaired) electrons. The minimum Gasteiger partial charge on any atom is -0.389 e. The van der Waals surface area contributed by atoms with Crippen LogP contribution in [0.4, 0.5) is 5.82 Å². The van der Waals surface area contributed by atoms with Crippen LogP contribution in [-0.4, -0.2) is 41.5 Å². The quantitative estimate of drug-likeness (QED) is 0.733.